The van der Waals surface area contributed by atoms with Crippen LogP contribution >= 0.6 is 0 Å². The van der Waals surface area contributed by atoms with E-state index in [-0.39, 0.29) is 17.8 Å². The highest BCUT2D eigenvalue weighted by Gasteiger charge is 2.24. The van der Waals surface area contributed by atoms with Gasteiger partial charge in [0.2, 0.25) is 11.0 Å². The van der Waals surface area contributed by atoms with Gasteiger partial charge in [-0.05, 0) is 37.7 Å². The first kappa shape index (κ1) is 20.4. The van der Waals surface area contributed by atoms with Gasteiger partial charge in [-0.2, -0.15) is 4.57 Å². The van der Waals surface area contributed by atoms with Crippen molar-refractivity contribution in [2.24, 2.45) is 12.5 Å². The first-order chi connectivity index (χ1) is 12.9. The number of halogens is 1. The van der Waals surface area contributed by atoms with Gasteiger partial charge in [-0.15, -0.1) is 0 Å². The molecular formula is C23H29ClN4. The monoisotopic (exact) mass is 396 g/mol. The number of fused-ring (bicyclic) bond motifs is 4. The zero-order valence-electron chi connectivity index (χ0n) is 17.3. The standard InChI is InChI=1S/C23H28N4.ClH/c1-23(2,15-26(3)4)14-24-20-17-11-7-9-13-19(17)27(5)22-16-10-6-8-12-18(16)25-21(20)22;/h6-13H,14-15H2,1-5H3,(H,24,25);1H. The molecule has 0 atom stereocenters. The molecule has 0 bridgehead atoms. The van der Waals surface area contributed by atoms with Crippen LogP contribution in [-0.4, -0.2) is 37.1 Å². The van der Waals surface area contributed by atoms with Crippen molar-refractivity contribution in [3.05, 3.63) is 48.5 Å². The Labute approximate surface area is 172 Å². The van der Waals surface area contributed by atoms with Gasteiger partial charge in [0, 0.05) is 19.2 Å². The molecule has 0 unspecified atom stereocenters. The Morgan fingerprint density at radius 2 is 1.64 bits per heavy atom. The second-order valence-corrected chi connectivity index (χ2v) is 8.60. The Balaban J connectivity index is 0.00000225. The summed E-state index contributed by atoms with van der Waals surface area (Å²) in [5.74, 6) is 0. The van der Waals surface area contributed by atoms with Crippen LogP contribution in [0.1, 0.15) is 13.8 Å². The molecular weight excluding hydrogens is 368 g/mol. The third-order valence-corrected chi connectivity index (χ3v) is 5.29. The number of aryl methyl sites for hydroxylation is 1. The molecule has 0 aliphatic carbocycles. The van der Waals surface area contributed by atoms with Gasteiger partial charge in [0.15, 0.2) is 0 Å². The smallest absolute Gasteiger partial charge is 0.240 e. The van der Waals surface area contributed by atoms with Crippen LogP contribution in [0.15, 0.2) is 48.5 Å². The number of para-hydroxylation sites is 2. The lowest BCUT2D eigenvalue weighted by molar-refractivity contribution is -0.616. The van der Waals surface area contributed by atoms with Gasteiger partial charge in [-0.3, -0.25) is 0 Å². The molecule has 5 heteroatoms. The minimum atomic E-state index is 0. The average molecular weight is 397 g/mol. The molecule has 0 amide bonds. The van der Waals surface area contributed by atoms with Crippen LogP contribution < -0.4 is 22.3 Å². The van der Waals surface area contributed by atoms with Crippen LogP contribution in [0.4, 0.5) is 5.69 Å². The van der Waals surface area contributed by atoms with E-state index in [0.29, 0.717) is 0 Å². The molecule has 148 valence electrons. The third kappa shape index (κ3) is 3.54. The van der Waals surface area contributed by atoms with Gasteiger partial charge in [-0.25, -0.2) is 0 Å². The molecule has 0 fully saturated rings. The predicted octanol–water partition coefficient (Wildman–Crippen LogP) is 1.30. The van der Waals surface area contributed by atoms with E-state index in [1.807, 2.05) is 0 Å². The van der Waals surface area contributed by atoms with Crippen molar-refractivity contribution in [3.8, 4) is 0 Å². The Morgan fingerprint density at radius 3 is 2.36 bits per heavy atom. The summed E-state index contributed by atoms with van der Waals surface area (Å²) in [4.78, 5) is 5.92. The normalized spacial score (nSPS) is 12.1. The molecule has 0 saturated heterocycles. The summed E-state index contributed by atoms with van der Waals surface area (Å²) in [5, 5.41) is 6.30. The number of H-pyrrole nitrogens is 1. The summed E-state index contributed by atoms with van der Waals surface area (Å²) in [5.41, 5.74) is 6.20. The Bertz CT molecular complexity index is 1130. The fraction of sp³-hybridized carbons (Fsp3) is 0.348. The lowest BCUT2D eigenvalue weighted by Crippen LogP contribution is -3.00. The predicted molar refractivity (Wildman–Crippen MR) is 115 cm³/mol. The fourth-order valence-electron chi connectivity index (χ4n) is 4.31. The molecule has 0 aliphatic heterocycles. The van der Waals surface area contributed by atoms with Crippen molar-refractivity contribution in [1.82, 2.24) is 9.88 Å². The minimum Gasteiger partial charge on any atom is -1.00 e. The van der Waals surface area contributed by atoms with Gasteiger partial charge >= 0.3 is 0 Å². The lowest BCUT2D eigenvalue weighted by atomic mass is 9.92. The number of pyridine rings is 1. The number of benzene rings is 2. The second-order valence-electron chi connectivity index (χ2n) is 8.60. The number of aromatic nitrogens is 2. The van der Waals surface area contributed by atoms with Crippen LogP contribution in [0.2, 0.25) is 0 Å². The van der Waals surface area contributed by atoms with E-state index in [1.165, 1.54) is 38.5 Å². The molecule has 4 aromatic rings. The van der Waals surface area contributed by atoms with Crippen molar-refractivity contribution in [2.75, 3.05) is 32.5 Å². The third-order valence-electron chi connectivity index (χ3n) is 5.29. The fourth-order valence-corrected chi connectivity index (χ4v) is 4.31. The summed E-state index contributed by atoms with van der Waals surface area (Å²) in [6, 6.07) is 17.2. The van der Waals surface area contributed by atoms with Gasteiger partial charge in [0.1, 0.15) is 12.6 Å². The SMILES string of the molecule is CN(C)CC(C)(C)CNc1c2ccccc2[n+](C)c2c1[nH]c1ccccc12.[Cl-]. The Kier molecular flexibility index (Phi) is 5.55. The van der Waals surface area contributed by atoms with Gasteiger partial charge in [0.25, 0.3) is 0 Å². The van der Waals surface area contributed by atoms with Crippen molar-refractivity contribution >= 4 is 38.5 Å². The maximum atomic E-state index is 3.79. The zero-order chi connectivity index (χ0) is 19.2. The highest BCUT2D eigenvalue weighted by Crippen LogP contribution is 2.34. The highest BCUT2D eigenvalue weighted by atomic mass is 35.5. The second kappa shape index (κ2) is 7.61. The maximum absolute atomic E-state index is 3.79. The largest absolute Gasteiger partial charge is 1.00 e. The molecule has 4 rings (SSSR count). The lowest BCUT2D eigenvalue weighted by Gasteiger charge is -2.29. The summed E-state index contributed by atoms with van der Waals surface area (Å²) in [6.07, 6.45) is 0. The molecule has 0 aliphatic rings. The number of hydrogen-bond donors (Lipinski definition) is 2. The zero-order valence-corrected chi connectivity index (χ0v) is 18.1. The molecule has 0 radical (unpaired) electrons. The van der Waals surface area contributed by atoms with E-state index >= 15 is 0 Å². The average Bonchev–Trinajstić information content (AvgIpc) is 3.00. The van der Waals surface area contributed by atoms with Crippen LogP contribution in [0.5, 0.6) is 0 Å². The van der Waals surface area contributed by atoms with Crippen molar-refractivity contribution in [1.29, 1.82) is 0 Å². The summed E-state index contributed by atoms with van der Waals surface area (Å²) in [6.45, 7) is 6.57. The topological polar surface area (TPSA) is 34.9 Å². The number of nitrogens with one attached hydrogen (secondary N) is 2. The highest BCUT2D eigenvalue weighted by molar-refractivity contribution is 6.13. The van der Waals surface area contributed by atoms with E-state index in [2.05, 4.69) is 103 Å². The first-order valence-electron chi connectivity index (χ1n) is 9.57. The van der Waals surface area contributed by atoms with Crippen LogP contribution in [0.3, 0.4) is 0 Å². The maximum Gasteiger partial charge on any atom is 0.240 e. The summed E-state index contributed by atoms with van der Waals surface area (Å²) < 4.78 is 2.31. The summed E-state index contributed by atoms with van der Waals surface area (Å²) in [7, 11) is 6.43. The first-order valence-corrected chi connectivity index (χ1v) is 9.57. The molecule has 2 aromatic heterocycles. The number of anilines is 1. The molecule has 2 heterocycles. The Hall–Kier alpha value is -2.30. The van der Waals surface area contributed by atoms with Crippen LogP contribution in [0.25, 0.3) is 32.8 Å². The number of hydrogen-bond acceptors (Lipinski definition) is 2. The number of nitrogens with zero attached hydrogens (tertiary/aromatic N) is 2. The van der Waals surface area contributed by atoms with E-state index < -0.39 is 0 Å². The van der Waals surface area contributed by atoms with Crippen molar-refractivity contribution < 1.29 is 17.0 Å². The summed E-state index contributed by atoms with van der Waals surface area (Å²) >= 11 is 0. The Morgan fingerprint density at radius 1 is 1.00 bits per heavy atom. The van der Waals surface area contributed by atoms with E-state index in [4.69, 9.17) is 0 Å². The molecule has 4 nitrogen and oxygen atoms in total. The minimum absolute atomic E-state index is 0. The molecule has 0 saturated carbocycles. The van der Waals surface area contributed by atoms with E-state index in [0.717, 1.165) is 13.1 Å². The van der Waals surface area contributed by atoms with Crippen molar-refractivity contribution in [3.63, 3.8) is 0 Å². The van der Waals surface area contributed by atoms with Gasteiger partial charge < -0.3 is 27.6 Å². The van der Waals surface area contributed by atoms with E-state index in [9.17, 15) is 0 Å². The van der Waals surface area contributed by atoms with Crippen molar-refractivity contribution in [2.45, 2.75) is 13.8 Å². The quantitative estimate of drug-likeness (QED) is 0.499. The van der Waals surface area contributed by atoms with Crippen LogP contribution in [-0.2, 0) is 7.05 Å². The van der Waals surface area contributed by atoms with Crippen LogP contribution in [0, 0.1) is 5.41 Å². The number of rotatable bonds is 5. The molecule has 0 spiro atoms. The molecule has 2 N–H and O–H groups in total. The van der Waals surface area contributed by atoms with E-state index in [1.54, 1.807) is 0 Å². The molecule has 2 aromatic carbocycles. The van der Waals surface area contributed by atoms with Gasteiger partial charge in [-0.1, -0.05) is 38.1 Å². The molecule has 28 heavy (non-hydrogen) atoms. The number of aromatic amines is 1. The van der Waals surface area contributed by atoms with Gasteiger partial charge in [0.05, 0.1) is 22.0 Å².